The number of rotatable bonds is 5. The molecule has 2 fully saturated rings. The molecule has 0 aliphatic carbocycles. The summed E-state index contributed by atoms with van der Waals surface area (Å²) in [4.78, 5) is 47.5. The molecule has 2 aliphatic rings. The summed E-state index contributed by atoms with van der Waals surface area (Å²) >= 11 is 1.56. The number of imide groups is 1. The summed E-state index contributed by atoms with van der Waals surface area (Å²) in [6, 6.07) is -0.499. The minimum absolute atomic E-state index is 0.0389. The van der Waals surface area contributed by atoms with Gasteiger partial charge in [0, 0.05) is 36.8 Å². The fourth-order valence-corrected chi connectivity index (χ4v) is 4.12. The Morgan fingerprint density at radius 3 is 2.96 bits per heavy atom. The average molecular weight is 388 g/mol. The summed E-state index contributed by atoms with van der Waals surface area (Å²) in [5.41, 5.74) is 2.80. The van der Waals surface area contributed by atoms with Crippen molar-refractivity contribution in [3.05, 3.63) is 34.8 Å². The molecular weight excluding hydrogens is 368 g/mol. The number of piperidine rings is 1. The second-order valence-electron chi connectivity index (χ2n) is 6.71. The number of carbonyl (C=O) groups is 3. The summed E-state index contributed by atoms with van der Waals surface area (Å²) in [6.07, 6.45) is 5.51. The summed E-state index contributed by atoms with van der Waals surface area (Å²) in [7, 11) is 0. The summed E-state index contributed by atoms with van der Waals surface area (Å²) in [6.45, 7) is 1.58. The predicted molar refractivity (Wildman–Crippen MR) is 97.1 cm³/mol. The smallest absolute Gasteiger partial charge is 0.325 e. The molecule has 2 aromatic heterocycles. The van der Waals surface area contributed by atoms with Crippen LogP contribution in [0.1, 0.15) is 30.3 Å². The van der Waals surface area contributed by atoms with Crippen molar-refractivity contribution in [1.29, 1.82) is 0 Å². The van der Waals surface area contributed by atoms with E-state index in [4.69, 9.17) is 0 Å². The molecule has 4 amide bonds. The van der Waals surface area contributed by atoms with E-state index in [-0.39, 0.29) is 30.8 Å². The van der Waals surface area contributed by atoms with Crippen LogP contribution in [0.15, 0.2) is 23.3 Å². The first-order valence-corrected chi connectivity index (χ1v) is 9.80. The van der Waals surface area contributed by atoms with E-state index < -0.39 is 6.03 Å². The molecule has 0 radical (unpaired) electrons. The Labute approximate surface area is 160 Å². The number of nitrogens with one attached hydrogen (secondary N) is 1. The highest BCUT2D eigenvalue weighted by Gasteiger charge is 2.33. The van der Waals surface area contributed by atoms with Crippen molar-refractivity contribution in [3.8, 4) is 0 Å². The predicted octanol–water partition coefficient (Wildman–Crippen LogP) is 0.646. The third-order valence-corrected chi connectivity index (χ3v) is 5.57. The molecule has 0 aromatic carbocycles. The van der Waals surface area contributed by atoms with Crippen molar-refractivity contribution in [1.82, 2.24) is 29.7 Å². The van der Waals surface area contributed by atoms with Gasteiger partial charge in [-0.1, -0.05) is 0 Å². The molecule has 10 heteroatoms. The Morgan fingerprint density at radius 2 is 2.22 bits per heavy atom. The van der Waals surface area contributed by atoms with E-state index in [9.17, 15) is 14.4 Å². The van der Waals surface area contributed by atoms with Crippen LogP contribution < -0.4 is 5.32 Å². The lowest BCUT2D eigenvalue weighted by molar-refractivity contribution is -0.137. The fourth-order valence-electron chi connectivity index (χ4n) is 3.57. The highest BCUT2D eigenvalue weighted by atomic mass is 32.1. The van der Waals surface area contributed by atoms with E-state index in [0.29, 0.717) is 19.6 Å². The van der Waals surface area contributed by atoms with Crippen LogP contribution in [0.4, 0.5) is 4.79 Å². The van der Waals surface area contributed by atoms with Crippen LogP contribution in [0.3, 0.4) is 0 Å². The van der Waals surface area contributed by atoms with Crippen LogP contribution in [0.5, 0.6) is 0 Å². The molecule has 2 aliphatic heterocycles. The highest BCUT2D eigenvalue weighted by Crippen LogP contribution is 2.26. The van der Waals surface area contributed by atoms with E-state index in [1.54, 1.807) is 22.4 Å². The van der Waals surface area contributed by atoms with Gasteiger partial charge in [-0.2, -0.15) is 0 Å². The zero-order valence-corrected chi connectivity index (χ0v) is 15.5. The second-order valence-corrected chi connectivity index (χ2v) is 7.43. The first kappa shape index (κ1) is 17.7. The molecule has 2 saturated heterocycles. The Hall–Kier alpha value is -2.75. The van der Waals surface area contributed by atoms with Crippen molar-refractivity contribution in [2.24, 2.45) is 0 Å². The lowest BCUT2D eigenvalue weighted by Gasteiger charge is -2.33. The largest absolute Gasteiger partial charge is 0.340 e. The van der Waals surface area contributed by atoms with Gasteiger partial charge >= 0.3 is 6.03 Å². The number of aromatic nitrogens is 3. The molecule has 4 rings (SSSR count). The molecule has 0 saturated carbocycles. The monoisotopic (exact) mass is 388 g/mol. The van der Waals surface area contributed by atoms with Crippen LogP contribution in [0.25, 0.3) is 0 Å². The van der Waals surface area contributed by atoms with Crippen molar-refractivity contribution in [2.45, 2.75) is 25.3 Å². The van der Waals surface area contributed by atoms with Crippen LogP contribution in [-0.2, 0) is 16.1 Å². The van der Waals surface area contributed by atoms with Gasteiger partial charge in [0.15, 0.2) is 0 Å². The molecule has 142 valence electrons. The summed E-state index contributed by atoms with van der Waals surface area (Å²) in [5.74, 6) is 0.498. The maximum Gasteiger partial charge on any atom is 0.325 e. The Morgan fingerprint density at radius 1 is 1.33 bits per heavy atom. The molecule has 9 nitrogen and oxygen atoms in total. The van der Waals surface area contributed by atoms with E-state index >= 15 is 0 Å². The number of carbonyl (C=O) groups excluding carboxylic acids is 3. The van der Waals surface area contributed by atoms with Crippen molar-refractivity contribution in [2.75, 3.05) is 26.2 Å². The van der Waals surface area contributed by atoms with E-state index in [2.05, 4.69) is 19.9 Å². The standard InChI is InChI=1S/C17H20N6O3S/c24-14-6-19-17(26)23(14)9-15(25)21-4-1-2-12(7-21)16-18-3-5-22(16)8-13-10-27-11-20-13/h3,5,10-12H,1-2,4,6-9H2,(H,19,26)/t12-/m0/s1. The lowest BCUT2D eigenvalue weighted by Crippen LogP contribution is -2.46. The number of amides is 4. The molecule has 0 spiro atoms. The lowest BCUT2D eigenvalue weighted by atomic mass is 9.97. The molecular formula is C17H20N6O3S. The number of thiazole rings is 1. The zero-order valence-electron chi connectivity index (χ0n) is 14.7. The molecule has 27 heavy (non-hydrogen) atoms. The molecule has 4 heterocycles. The van der Waals surface area contributed by atoms with Crippen LogP contribution in [0.2, 0.25) is 0 Å². The second kappa shape index (κ2) is 7.47. The number of likely N-dealkylation sites (tertiary alicyclic amines) is 1. The maximum absolute atomic E-state index is 12.6. The molecule has 2 aromatic rings. The number of hydrogen-bond acceptors (Lipinski definition) is 6. The van der Waals surface area contributed by atoms with Crippen molar-refractivity contribution in [3.63, 3.8) is 0 Å². The van der Waals surface area contributed by atoms with Gasteiger partial charge in [-0.05, 0) is 12.8 Å². The van der Waals surface area contributed by atoms with Gasteiger partial charge < -0.3 is 14.8 Å². The van der Waals surface area contributed by atoms with Gasteiger partial charge in [-0.3, -0.25) is 14.5 Å². The summed E-state index contributed by atoms with van der Waals surface area (Å²) in [5, 5.41) is 4.45. The first-order valence-electron chi connectivity index (χ1n) is 8.86. The topological polar surface area (TPSA) is 100 Å². The average Bonchev–Trinajstić information content (AvgIpc) is 3.41. The third kappa shape index (κ3) is 3.70. The number of hydrogen-bond donors (Lipinski definition) is 1. The van der Waals surface area contributed by atoms with Gasteiger partial charge in [0.05, 0.1) is 24.3 Å². The Bertz CT molecular complexity index is 833. The van der Waals surface area contributed by atoms with Gasteiger partial charge in [-0.15, -0.1) is 11.3 Å². The van der Waals surface area contributed by atoms with Crippen LogP contribution >= 0.6 is 11.3 Å². The van der Waals surface area contributed by atoms with E-state index in [1.807, 2.05) is 17.1 Å². The highest BCUT2D eigenvalue weighted by molar-refractivity contribution is 7.07. The van der Waals surface area contributed by atoms with Crippen LogP contribution in [-0.4, -0.2) is 68.4 Å². The zero-order chi connectivity index (χ0) is 18.8. The minimum atomic E-state index is -0.499. The SMILES string of the molecule is O=C(CN1C(=O)CNC1=O)N1CCC[C@H](c2nccn2Cc2cscn2)C1. The number of urea groups is 1. The Kier molecular flexibility index (Phi) is 4.88. The fraction of sp³-hybridized carbons (Fsp3) is 0.471. The number of imidazole rings is 1. The van der Waals surface area contributed by atoms with Gasteiger partial charge in [-0.25, -0.2) is 14.8 Å². The van der Waals surface area contributed by atoms with E-state index in [0.717, 1.165) is 29.3 Å². The van der Waals surface area contributed by atoms with Crippen LogP contribution in [0, 0.1) is 0 Å². The molecule has 0 unspecified atom stereocenters. The quantitative estimate of drug-likeness (QED) is 0.758. The van der Waals surface area contributed by atoms with Crippen molar-refractivity contribution >= 4 is 29.2 Å². The molecule has 1 N–H and O–H groups in total. The normalized spacial score (nSPS) is 20.2. The maximum atomic E-state index is 12.6. The minimum Gasteiger partial charge on any atom is -0.340 e. The van der Waals surface area contributed by atoms with E-state index in [1.165, 1.54) is 0 Å². The Balaban J connectivity index is 1.42. The number of nitrogens with zero attached hydrogens (tertiary/aromatic N) is 5. The van der Waals surface area contributed by atoms with Crippen molar-refractivity contribution < 1.29 is 14.4 Å². The third-order valence-electron chi connectivity index (χ3n) is 4.93. The molecule has 1 atom stereocenters. The first-order chi connectivity index (χ1) is 13.1. The van der Waals surface area contributed by atoms with Gasteiger partial charge in [0.25, 0.3) is 5.91 Å². The van der Waals surface area contributed by atoms with Gasteiger partial charge in [0.1, 0.15) is 12.4 Å². The van der Waals surface area contributed by atoms with Gasteiger partial charge in [0.2, 0.25) is 5.91 Å². The molecule has 0 bridgehead atoms. The summed E-state index contributed by atoms with van der Waals surface area (Å²) < 4.78 is 2.07.